The largest absolute Gasteiger partial charge is 0.493 e. The normalized spacial score (nSPS) is 11.3. The van der Waals surface area contributed by atoms with Crippen molar-refractivity contribution in [3.8, 4) is 11.5 Å². The van der Waals surface area contributed by atoms with Gasteiger partial charge in [-0.15, -0.1) is 0 Å². The van der Waals surface area contributed by atoms with Gasteiger partial charge in [0.1, 0.15) is 5.60 Å². The summed E-state index contributed by atoms with van der Waals surface area (Å²) in [6.07, 6.45) is 0.0706. The average molecular weight is 266 g/mol. The second-order valence-electron chi connectivity index (χ2n) is 5.14. The van der Waals surface area contributed by atoms with E-state index < -0.39 is 5.60 Å². The van der Waals surface area contributed by atoms with Gasteiger partial charge in [-0.25, -0.2) is 0 Å². The van der Waals surface area contributed by atoms with Crippen LogP contribution in [-0.2, 0) is 15.1 Å². The van der Waals surface area contributed by atoms with Crippen molar-refractivity contribution < 1.29 is 19.0 Å². The molecule has 0 aliphatic heterocycles. The molecule has 1 rings (SSSR count). The number of rotatable bonds is 5. The molecule has 1 aromatic carbocycles. The Kier molecular flexibility index (Phi) is 4.81. The molecule has 106 valence electrons. The van der Waals surface area contributed by atoms with Crippen molar-refractivity contribution >= 4 is 5.97 Å². The highest BCUT2D eigenvalue weighted by Crippen LogP contribution is 2.34. The Hall–Kier alpha value is -1.71. The zero-order valence-electron chi connectivity index (χ0n) is 12.4. The molecule has 4 nitrogen and oxygen atoms in total. The summed E-state index contributed by atoms with van der Waals surface area (Å²) in [4.78, 5) is 11.1. The van der Waals surface area contributed by atoms with E-state index in [-0.39, 0.29) is 12.1 Å². The van der Waals surface area contributed by atoms with E-state index in [1.165, 1.54) is 6.92 Å². The van der Waals surface area contributed by atoms with Crippen LogP contribution in [0.5, 0.6) is 11.5 Å². The van der Waals surface area contributed by atoms with Crippen molar-refractivity contribution in [1.82, 2.24) is 0 Å². The third-order valence-corrected chi connectivity index (χ3v) is 2.62. The van der Waals surface area contributed by atoms with Crippen molar-refractivity contribution in [1.29, 1.82) is 0 Å². The SMILES string of the molecule is COc1cc(C(C)(C)OC(C)=O)ccc1OC(C)C. The fourth-order valence-electron chi connectivity index (χ4n) is 1.81. The highest BCUT2D eigenvalue weighted by Gasteiger charge is 2.25. The van der Waals surface area contributed by atoms with E-state index in [0.29, 0.717) is 11.5 Å². The summed E-state index contributed by atoms with van der Waals surface area (Å²) in [6, 6.07) is 5.54. The van der Waals surface area contributed by atoms with Crippen LogP contribution in [0.4, 0.5) is 0 Å². The van der Waals surface area contributed by atoms with Crippen molar-refractivity contribution in [3.05, 3.63) is 23.8 Å². The fourth-order valence-corrected chi connectivity index (χ4v) is 1.81. The van der Waals surface area contributed by atoms with Crippen LogP contribution < -0.4 is 9.47 Å². The Morgan fingerprint density at radius 3 is 2.32 bits per heavy atom. The summed E-state index contributed by atoms with van der Waals surface area (Å²) < 4.78 is 16.3. The van der Waals surface area contributed by atoms with E-state index in [1.807, 2.05) is 45.9 Å². The third kappa shape index (κ3) is 4.16. The Morgan fingerprint density at radius 2 is 1.84 bits per heavy atom. The third-order valence-electron chi connectivity index (χ3n) is 2.62. The zero-order chi connectivity index (χ0) is 14.6. The highest BCUT2D eigenvalue weighted by molar-refractivity contribution is 5.66. The lowest BCUT2D eigenvalue weighted by Gasteiger charge is -2.26. The summed E-state index contributed by atoms with van der Waals surface area (Å²) in [5, 5.41) is 0. The Balaban J connectivity index is 3.08. The van der Waals surface area contributed by atoms with Gasteiger partial charge < -0.3 is 14.2 Å². The number of esters is 1. The maximum absolute atomic E-state index is 11.1. The minimum atomic E-state index is -0.699. The first-order valence-electron chi connectivity index (χ1n) is 6.31. The van der Waals surface area contributed by atoms with Gasteiger partial charge in [-0.2, -0.15) is 0 Å². The lowest BCUT2D eigenvalue weighted by molar-refractivity contribution is -0.154. The topological polar surface area (TPSA) is 44.8 Å². The lowest BCUT2D eigenvalue weighted by atomic mass is 9.97. The van der Waals surface area contributed by atoms with Gasteiger partial charge in [0.15, 0.2) is 11.5 Å². The van der Waals surface area contributed by atoms with Crippen LogP contribution in [0, 0.1) is 0 Å². The molecule has 0 atom stereocenters. The monoisotopic (exact) mass is 266 g/mol. The molecule has 0 saturated heterocycles. The molecule has 19 heavy (non-hydrogen) atoms. The van der Waals surface area contributed by atoms with Gasteiger partial charge in [0.25, 0.3) is 0 Å². The number of carbonyl (C=O) groups is 1. The molecular formula is C15H22O4. The van der Waals surface area contributed by atoms with Crippen LogP contribution in [-0.4, -0.2) is 19.2 Å². The minimum Gasteiger partial charge on any atom is -0.493 e. The zero-order valence-corrected chi connectivity index (χ0v) is 12.4. The molecule has 0 fully saturated rings. The molecule has 0 aromatic heterocycles. The molecule has 4 heteroatoms. The smallest absolute Gasteiger partial charge is 0.303 e. The second kappa shape index (κ2) is 5.95. The number of hydrogen-bond donors (Lipinski definition) is 0. The van der Waals surface area contributed by atoms with Crippen LogP contribution in [0.15, 0.2) is 18.2 Å². The van der Waals surface area contributed by atoms with E-state index >= 15 is 0 Å². The Morgan fingerprint density at radius 1 is 1.21 bits per heavy atom. The van der Waals surface area contributed by atoms with Crippen molar-refractivity contribution in [3.63, 3.8) is 0 Å². The predicted molar refractivity (Wildman–Crippen MR) is 73.6 cm³/mol. The molecule has 0 bridgehead atoms. The molecule has 0 N–H and O–H groups in total. The standard InChI is InChI=1S/C15H22O4/c1-10(2)18-13-8-7-12(9-14(13)17-6)15(4,5)19-11(3)16/h7-10H,1-6H3. The maximum Gasteiger partial charge on any atom is 0.303 e. The molecule has 1 aromatic rings. The first-order valence-corrected chi connectivity index (χ1v) is 6.31. The van der Waals surface area contributed by atoms with Crippen LogP contribution in [0.2, 0.25) is 0 Å². The van der Waals surface area contributed by atoms with Gasteiger partial charge in [-0.1, -0.05) is 6.07 Å². The van der Waals surface area contributed by atoms with E-state index in [2.05, 4.69) is 0 Å². The van der Waals surface area contributed by atoms with Crippen molar-refractivity contribution in [2.45, 2.75) is 46.3 Å². The van der Waals surface area contributed by atoms with E-state index in [0.717, 1.165) is 5.56 Å². The van der Waals surface area contributed by atoms with Gasteiger partial charge in [0, 0.05) is 6.92 Å². The molecule has 0 aliphatic rings. The van der Waals surface area contributed by atoms with Gasteiger partial charge >= 0.3 is 5.97 Å². The summed E-state index contributed by atoms with van der Waals surface area (Å²) in [5.74, 6) is 0.998. The molecule has 0 aliphatic carbocycles. The quantitative estimate of drug-likeness (QED) is 0.767. The predicted octanol–water partition coefficient (Wildman–Crippen LogP) is 3.28. The number of methoxy groups -OCH3 is 1. The summed E-state index contributed by atoms with van der Waals surface area (Å²) in [6.45, 7) is 8.99. The van der Waals surface area contributed by atoms with E-state index in [4.69, 9.17) is 14.2 Å². The maximum atomic E-state index is 11.1. The van der Waals surface area contributed by atoms with Crippen molar-refractivity contribution in [2.24, 2.45) is 0 Å². The summed E-state index contributed by atoms with van der Waals surface area (Å²) in [7, 11) is 1.59. The first-order chi connectivity index (χ1) is 8.76. The van der Waals surface area contributed by atoms with Crippen LogP contribution in [0.25, 0.3) is 0 Å². The lowest BCUT2D eigenvalue weighted by Crippen LogP contribution is -2.24. The first kappa shape index (κ1) is 15.3. The fraction of sp³-hybridized carbons (Fsp3) is 0.533. The molecule has 0 saturated carbocycles. The number of carbonyl (C=O) groups excluding carboxylic acids is 1. The number of hydrogen-bond acceptors (Lipinski definition) is 4. The van der Waals surface area contributed by atoms with Crippen LogP contribution in [0.3, 0.4) is 0 Å². The molecule has 0 radical (unpaired) electrons. The summed E-state index contributed by atoms with van der Waals surface area (Å²) in [5.41, 5.74) is 0.158. The van der Waals surface area contributed by atoms with Crippen molar-refractivity contribution in [2.75, 3.05) is 7.11 Å². The molecule has 0 unspecified atom stereocenters. The van der Waals surface area contributed by atoms with Gasteiger partial charge in [0.2, 0.25) is 0 Å². The second-order valence-corrected chi connectivity index (χ2v) is 5.14. The Labute approximate surface area is 114 Å². The van der Waals surface area contributed by atoms with Gasteiger partial charge in [0.05, 0.1) is 13.2 Å². The molecular weight excluding hydrogens is 244 g/mol. The van der Waals surface area contributed by atoms with Crippen LogP contribution in [0.1, 0.15) is 40.2 Å². The van der Waals surface area contributed by atoms with Gasteiger partial charge in [-0.05, 0) is 45.4 Å². The molecule has 0 amide bonds. The van der Waals surface area contributed by atoms with E-state index in [1.54, 1.807) is 7.11 Å². The van der Waals surface area contributed by atoms with E-state index in [9.17, 15) is 4.79 Å². The van der Waals surface area contributed by atoms with Crippen LogP contribution >= 0.6 is 0 Å². The average Bonchev–Trinajstić information content (AvgIpc) is 2.26. The van der Waals surface area contributed by atoms with Gasteiger partial charge in [-0.3, -0.25) is 4.79 Å². The highest BCUT2D eigenvalue weighted by atomic mass is 16.6. The molecule has 0 spiro atoms. The Bertz CT molecular complexity index is 449. The minimum absolute atomic E-state index is 0.0706. The molecule has 0 heterocycles. The number of ether oxygens (including phenoxy) is 3. The number of benzene rings is 1. The summed E-state index contributed by atoms with van der Waals surface area (Å²) >= 11 is 0.